The van der Waals surface area contributed by atoms with Crippen molar-refractivity contribution >= 4 is 0 Å². The second-order valence-corrected chi connectivity index (χ2v) is 10.5. The number of hydrogen-bond donors (Lipinski definition) is 0. The van der Waals surface area contributed by atoms with Crippen molar-refractivity contribution in [3.63, 3.8) is 0 Å². The summed E-state index contributed by atoms with van der Waals surface area (Å²) in [5, 5.41) is 0. The Bertz CT molecular complexity index is 1010. The van der Waals surface area contributed by atoms with Crippen molar-refractivity contribution in [3.05, 3.63) is 88.3 Å². The summed E-state index contributed by atoms with van der Waals surface area (Å²) < 4.78 is 0. The number of aromatic nitrogens is 3. The van der Waals surface area contributed by atoms with Gasteiger partial charge in [-0.3, -0.25) is 15.0 Å². The number of aryl methyl sites for hydroxylation is 3. The predicted octanol–water partition coefficient (Wildman–Crippen LogP) is 8.93. The molecule has 3 heteroatoms. The van der Waals surface area contributed by atoms with Gasteiger partial charge in [0.1, 0.15) is 0 Å². The molecule has 0 aliphatic heterocycles. The van der Waals surface area contributed by atoms with E-state index in [-0.39, 0.29) is 0 Å². The van der Waals surface area contributed by atoms with Crippen molar-refractivity contribution in [2.75, 3.05) is 0 Å². The fraction of sp³-hybridized carbons (Fsp3) is 0.531. The average molecular weight is 474 g/mol. The van der Waals surface area contributed by atoms with Crippen LogP contribution in [0.1, 0.15) is 131 Å². The Hall–Kier alpha value is -2.55. The number of hydrogen-bond acceptors (Lipinski definition) is 3. The summed E-state index contributed by atoms with van der Waals surface area (Å²) in [5.74, 6) is 2.58. The van der Waals surface area contributed by atoms with E-state index in [9.17, 15) is 0 Å². The zero-order valence-corrected chi connectivity index (χ0v) is 23.6. The fourth-order valence-corrected chi connectivity index (χ4v) is 4.32. The van der Waals surface area contributed by atoms with Crippen LogP contribution in [0.5, 0.6) is 0 Å². The first-order chi connectivity index (χ1) is 16.7. The molecule has 3 nitrogen and oxygen atoms in total. The van der Waals surface area contributed by atoms with Gasteiger partial charge in [-0.25, -0.2) is 0 Å². The third kappa shape index (κ3) is 8.87. The molecule has 0 amide bonds. The molecule has 1 fully saturated rings. The smallest absolute Gasteiger partial charge is 0.0469 e. The molecule has 3 aromatic rings. The Morgan fingerprint density at radius 2 is 1.43 bits per heavy atom. The molecule has 190 valence electrons. The molecule has 35 heavy (non-hydrogen) atoms. The third-order valence-electron chi connectivity index (χ3n) is 6.58. The zero-order chi connectivity index (χ0) is 26.0. The Kier molecular flexibility index (Phi) is 11.6. The minimum atomic E-state index is 0.586. The van der Waals surface area contributed by atoms with Crippen molar-refractivity contribution < 1.29 is 0 Å². The van der Waals surface area contributed by atoms with Crippen LogP contribution in [-0.4, -0.2) is 15.0 Å². The lowest BCUT2D eigenvalue weighted by Crippen LogP contribution is -1.97. The summed E-state index contributed by atoms with van der Waals surface area (Å²) in [7, 11) is 0. The summed E-state index contributed by atoms with van der Waals surface area (Å²) in [6, 6.07) is 10.7. The van der Waals surface area contributed by atoms with Gasteiger partial charge in [-0.15, -0.1) is 0 Å². The highest BCUT2D eigenvalue weighted by molar-refractivity contribution is 5.29. The standard InChI is InChI=1S/C11H15N.C11H17N.C10H15N/c1-8(2)10-4-3-7-12-11(10)9-5-6-9;1-5-10-6-7-11(8(2)3)9(4)12-10;1-4-9-5-6-11-7-10(9)8(2)3/h3-4,7-9H,5-6H2,1-2H3;6-8H,5H2,1-4H3;5-8H,4H2,1-3H3. The third-order valence-corrected chi connectivity index (χ3v) is 6.58. The van der Waals surface area contributed by atoms with E-state index in [1.807, 2.05) is 24.7 Å². The maximum atomic E-state index is 4.51. The van der Waals surface area contributed by atoms with E-state index < -0.39 is 0 Å². The van der Waals surface area contributed by atoms with Gasteiger partial charge in [0.05, 0.1) is 0 Å². The zero-order valence-electron chi connectivity index (χ0n) is 23.6. The number of rotatable bonds is 6. The topological polar surface area (TPSA) is 38.7 Å². The van der Waals surface area contributed by atoms with Crippen LogP contribution in [0.3, 0.4) is 0 Å². The largest absolute Gasteiger partial charge is 0.264 e. The highest BCUT2D eigenvalue weighted by atomic mass is 14.7. The predicted molar refractivity (Wildman–Crippen MR) is 150 cm³/mol. The lowest BCUT2D eigenvalue weighted by Gasteiger charge is -2.09. The molecule has 0 aromatic carbocycles. The fourth-order valence-electron chi connectivity index (χ4n) is 4.32. The van der Waals surface area contributed by atoms with Gasteiger partial charge >= 0.3 is 0 Å². The Morgan fingerprint density at radius 3 is 1.91 bits per heavy atom. The molecule has 0 N–H and O–H groups in total. The van der Waals surface area contributed by atoms with E-state index in [0.29, 0.717) is 17.8 Å². The maximum Gasteiger partial charge on any atom is 0.0469 e. The van der Waals surface area contributed by atoms with Crippen LogP contribution in [0.4, 0.5) is 0 Å². The molecule has 0 saturated heterocycles. The van der Waals surface area contributed by atoms with Gasteiger partial charge in [0, 0.05) is 41.6 Å². The minimum Gasteiger partial charge on any atom is -0.264 e. The lowest BCUT2D eigenvalue weighted by atomic mass is 9.98. The van der Waals surface area contributed by atoms with Gasteiger partial charge in [0.2, 0.25) is 0 Å². The van der Waals surface area contributed by atoms with E-state index in [4.69, 9.17) is 0 Å². The molecule has 1 aliphatic rings. The Labute approximate surface area is 214 Å². The highest BCUT2D eigenvalue weighted by Crippen LogP contribution is 2.41. The maximum absolute atomic E-state index is 4.51. The van der Waals surface area contributed by atoms with Crippen LogP contribution < -0.4 is 0 Å². The summed E-state index contributed by atoms with van der Waals surface area (Å²) in [4.78, 5) is 13.1. The van der Waals surface area contributed by atoms with Gasteiger partial charge in [-0.2, -0.15) is 0 Å². The van der Waals surface area contributed by atoms with Crippen molar-refractivity contribution in [3.8, 4) is 0 Å². The molecule has 0 bridgehead atoms. The van der Waals surface area contributed by atoms with E-state index in [1.54, 1.807) is 0 Å². The molecule has 0 radical (unpaired) electrons. The Balaban J connectivity index is 0.000000185. The van der Waals surface area contributed by atoms with Crippen LogP contribution in [0.15, 0.2) is 48.9 Å². The van der Waals surface area contributed by atoms with Gasteiger partial charge < -0.3 is 0 Å². The van der Waals surface area contributed by atoms with Crippen LogP contribution in [0, 0.1) is 6.92 Å². The van der Waals surface area contributed by atoms with Crippen LogP contribution in [0.25, 0.3) is 0 Å². The monoisotopic (exact) mass is 473 g/mol. The number of nitrogens with zero attached hydrogens (tertiary/aromatic N) is 3. The summed E-state index contributed by atoms with van der Waals surface area (Å²) in [5.41, 5.74) is 9.35. The quantitative estimate of drug-likeness (QED) is 0.358. The average Bonchev–Trinajstić information content (AvgIpc) is 3.70. The van der Waals surface area contributed by atoms with Crippen LogP contribution in [-0.2, 0) is 12.8 Å². The van der Waals surface area contributed by atoms with E-state index in [2.05, 4.69) is 102 Å². The summed E-state index contributed by atoms with van der Waals surface area (Å²) >= 11 is 0. The first-order valence-electron chi connectivity index (χ1n) is 13.5. The summed E-state index contributed by atoms with van der Waals surface area (Å²) in [6.07, 6.45) is 10.6. The van der Waals surface area contributed by atoms with Crippen LogP contribution in [0.2, 0.25) is 0 Å². The van der Waals surface area contributed by atoms with Crippen molar-refractivity contribution in [1.29, 1.82) is 0 Å². The van der Waals surface area contributed by atoms with Gasteiger partial charge in [0.25, 0.3) is 0 Å². The summed E-state index contributed by atoms with van der Waals surface area (Å²) in [6.45, 7) is 19.7. The van der Waals surface area contributed by atoms with E-state index in [0.717, 1.165) is 18.8 Å². The molecule has 1 aliphatic carbocycles. The second kappa shape index (κ2) is 14.1. The molecular weight excluding hydrogens is 426 g/mol. The van der Waals surface area contributed by atoms with Crippen molar-refractivity contribution in [1.82, 2.24) is 15.0 Å². The molecule has 3 heterocycles. The minimum absolute atomic E-state index is 0.586. The second-order valence-electron chi connectivity index (χ2n) is 10.5. The first-order valence-corrected chi connectivity index (χ1v) is 13.5. The van der Waals surface area contributed by atoms with Crippen LogP contribution >= 0.6 is 0 Å². The van der Waals surface area contributed by atoms with E-state index in [1.165, 1.54) is 52.2 Å². The van der Waals surface area contributed by atoms with Crippen molar-refractivity contribution in [2.24, 2.45) is 0 Å². The number of pyridine rings is 3. The van der Waals surface area contributed by atoms with E-state index >= 15 is 0 Å². The molecule has 0 unspecified atom stereocenters. The molecular formula is C32H47N3. The molecule has 1 saturated carbocycles. The van der Waals surface area contributed by atoms with Crippen molar-refractivity contribution in [2.45, 2.75) is 112 Å². The normalized spacial score (nSPS) is 12.8. The highest BCUT2D eigenvalue weighted by Gasteiger charge is 2.27. The Morgan fingerprint density at radius 1 is 0.771 bits per heavy atom. The van der Waals surface area contributed by atoms with Gasteiger partial charge in [0.15, 0.2) is 0 Å². The lowest BCUT2D eigenvalue weighted by molar-refractivity contribution is 0.821. The van der Waals surface area contributed by atoms with Gasteiger partial charge in [-0.05, 0) is 90.8 Å². The SMILES string of the molecule is CC(C)c1cccnc1C1CC1.CCc1ccc(C(C)C)c(C)n1.CCc1ccncc1C(C)C. The first kappa shape index (κ1) is 28.7. The molecule has 3 aromatic heterocycles. The van der Waals surface area contributed by atoms with Gasteiger partial charge in [-0.1, -0.05) is 67.5 Å². The molecule has 0 atom stereocenters. The molecule has 0 spiro atoms. The molecule has 4 rings (SSSR count).